The minimum absolute atomic E-state index is 0.560. The number of likely N-dealkylation sites (N-methyl/N-ethyl adjacent to an activating group) is 1. The fourth-order valence-corrected chi connectivity index (χ4v) is 3.48. The molecule has 0 aromatic carbocycles. The molecule has 1 heterocycles. The highest BCUT2D eigenvalue weighted by Crippen LogP contribution is 2.58. The van der Waals surface area contributed by atoms with E-state index in [0.717, 1.165) is 19.1 Å². The Morgan fingerprint density at radius 2 is 2.12 bits per heavy atom. The van der Waals surface area contributed by atoms with E-state index in [1.54, 1.807) is 7.11 Å². The maximum atomic E-state index is 5.27. The van der Waals surface area contributed by atoms with Gasteiger partial charge in [-0.3, -0.25) is 4.90 Å². The third kappa shape index (κ3) is 3.01. The summed E-state index contributed by atoms with van der Waals surface area (Å²) in [5, 5.41) is 3.48. The van der Waals surface area contributed by atoms with E-state index < -0.39 is 0 Å². The highest BCUT2D eigenvalue weighted by Gasteiger charge is 2.53. The van der Waals surface area contributed by atoms with E-state index in [1.807, 2.05) is 0 Å². The van der Waals surface area contributed by atoms with Gasteiger partial charge < -0.3 is 10.1 Å². The molecular formula is C14H28N2O. The number of piperidine rings is 1. The average molecular weight is 240 g/mol. The average Bonchev–Trinajstić information content (AvgIpc) is 2.99. The Balaban J connectivity index is 1.80. The Bertz CT molecular complexity index is 238. The first-order chi connectivity index (χ1) is 8.22. The lowest BCUT2D eigenvalue weighted by Crippen LogP contribution is -2.39. The molecule has 1 aliphatic carbocycles. The lowest BCUT2D eigenvalue weighted by atomic mass is 9.92. The van der Waals surface area contributed by atoms with E-state index in [1.165, 1.54) is 38.9 Å². The van der Waals surface area contributed by atoms with Crippen LogP contribution in [0.1, 0.15) is 33.1 Å². The molecule has 2 rings (SSSR count). The van der Waals surface area contributed by atoms with E-state index >= 15 is 0 Å². The Morgan fingerprint density at radius 3 is 2.71 bits per heavy atom. The van der Waals surface area contributed by atoms with Crippen LogP contribution >= 0.6 is 0 Å². The van der Waals surface area contributed by atoms with Gasteiger partial charge in [0.05, 0.1) is 6.61 Å². The molecule has 2 atom stereocenters. The normalized spacial score (nSPS) is 28.6. The van der Waals surface area contributed by atoms with E-state index in [9.17, 15) is 0 Å². The first-order valence-electron chi connectivity index (χ1n) is 7.15. The SMILES string of the molecule is CCN(CC1CC12CCNCC2)C(C)COC. The number of nitrogens with zero attached hydrogens (tertiary/aromatic N) is 1. The standard InChI is InChI=1S/C14H28N2O/c1-4-16(12(2)11-17-3)10-13-9-14(13)5-7-15-8-6-14/h12-13,15H,4-11H2,1-3H3. The molecular weight excluding hydrogens is 212 g/mol. The molecule has 1 N–H and O–H groups in total. The molecule has 0 aromatic heterocycles. The monoisotopic (exact) mass is 240 g/mol. The topological polar surface area (TPSA) is 24.5 Å². The van der Waals surface area contributed by atoms with Crippen LogP contribution in [0.15, 0.2) is 0 Å². The van der Waals surface area contributed by atoms with Crippen molar-refractivity contribution in [3.63, 3.8) is 0 Å². The van der Waals surface area contributed by atoms with Crippen molar-refractivity contribution < 1.29 is 4.74 Å². The molecule has 1 spiro atoms. The predicted molar refractivity (Wildman–Crippen MR) is 71.2 cm³/mol. The van der Waals surface area contributed by atoms with Crippen LogP contribution in [0, 0.1) is 11.3 Å². The second-order valence-corrected chi connectivity index (χ2v) is 5.91. The summed E-state index contributed by atoms with van der Waals surface area (Å²) in [6, 6.07) is 0.560. The molecule has 3 heteroatoms. The van der Waals surface area contributed by atoms with Gasteiger partial charge in [-0.1, -0.05) is 6.92 Å². The maximum absolute atomic E-state index is 5.27. The second kappa shape index (κ2) is 5.68. The first-order valence-corrected chi connectivity index (χ1v) is 7.15. The molecule has 2 unspecified atom stereocenters. The highest BCUT2D eigenvalue weighted by atomic mass is 16.5. The number of methoxy groups -OCH3 is 1. The summed E-state index contributed by atoms with van der Waals surface area (Å²) in [5.41, 5.74) is 0.714. The quantitative estimate of drug-likeness (QED) is 0.765. The zero-order valence-corrected chi connectivity index (χ0v) is 11.7. The third-order valence-electron chi connectivity index (χ3n) is 4.85. The van der Waals surface area contributed by atoms with Crippen LogP contribution in [0.25, 0.3) is 0 Å². The van der Waals surface area contributed by atoms with Crippen molar-refractivity contribution in [1.29, 1.82) is 0 Å². The summed E-state index contributed by atoms with van der Waals surface area (Å²) in [6.07, 6.45) is 4.26. The van der Waals surface area contributed by atoms with Crippen LogP contribution < -0.4 is 5.32 Å². The summed E-state index contributed by atoms with van der Waals surface area (Å²) in [5.74, 6) is 0.948. The van der Waals surface area contributed by atoms with Crippen LogP contribution in [0.4, 0.5) is 0 Å². The van der Waals surface area contributed by atoms with Crippen molar-refractivity contribution in [2.75, 3.05) is 39.9 Å². The van der Waals surface area contributed by atoms with Gasteiger partial charge in [-0.2, -0.15) is 0 Å². The molecule has 0 aromatic rings. The molecule has 2 fully saturated rings. The van der Waals surface area contributed by atoms with Gasteiger partial charge in [-0.15, -0.1) is 0 Å². The van der Waals surface area contributed by atoms with Gasteiger partial charge in [-0.25, -0.2) is 0 Å². The zero-order chi connectivity index (χ0) is 12.3. The number of hydrogen-bond acceptors (Lipinski definition) is 3. The van der Waals surface area contributed by atoms with Crippen molar-refractivity contribution in [1.82, 2.24) is 10.2 Å². The third-order valence-corrected chi connectivity index (χ3v) is 4.85. The van der Waals surface area contributed by atoms with E-state index in [-0.39, 0.29) is 0 Å². The van der Waals surface area contributed by atoms with Gasteiger partial charge in [-0.05, 0) is 57.2 Å². The van der Waals surface area contributed by atoms with Crippen molar-refractivity contribution in [2.24, 2.45) is 11.3 Å². The van der Waals surface area contributed by atoms with Crippen LogP contribution in [-0.2, 0) is 4.74 Å². The van der Waals surface area contributed by atoms with E-state index in [4.69, 9.17) is 4.74 Å². The van der Waals surface area contributed by atoms with Crippen molar-refractivity contribution in [3.8, 4) is 0 Å². The molecule has 1 saturated carbocycles. The van der Waals surface area contributed by atoms with Gasteiger partial charge in [0.25, 0.3) is 0 Å². The van der Waals surface area contributed by atoms with Crippen molar-refractivity contribution in [2.45, 2.75) is 39.2 Å². The number of rotatable bonds is 6. The van der Waals surface area contributed by atoms with Crippen LogP contribution in [-0.4, -0.2) is 50.8 Å². The zero-order valence-electron chi connectivity index (χ0n) is 11.7. The van der Waals surface area contributed by atoms with Gasteiger partial charge in [0.2, 0.25) is 0 Å². The predicted octanol–water partition coefficient (Wildman–Crippen LogP) is 1.73. The van der Waals surface area contributed by atoms with Crippen LogP contribution in [0.3, 0.4) is 0 Å². The fourth-order valence-electron chi connectivity index (χ4n) is 3.48. The van der Waals surface area contributed by atoms with Crippen molar-refractivity contribution >= 4 is 0 Å². The molecule has 17 heavy (non-hydrogen) atoms. The lowest BCUT2D eigenvalue weighted by Gasteiger charge is -2.30. The molecule has 2 aliphatic rings. The summed E-state index contributed by atoms with van der Waals surface area (Å²) < 4.78 is 5.27. The molecule has 100 valence electrons. The van der Waals surface area contributed by atoms with Crippen LogP contribution in [0.5, 0.6) is 0 Å². The Labute approximate surface area is 106 Å². The minimum atomic E-state index is 0.560. The van der Waals surface area contributed by atoms with Gasteiger partial charge in [0, 0.05) is 19.7 Å². The Kier molecular flexibility index (Phi) is 4.45. The molecule has 0 radical (unpaired) electrons. The first kappa shape index (κ1) is 13.3. The molecule has 3 nitrogen and oxygen atoms in total. The largest absolute Gasteiger partial charge is 0.383 e. The van der Waals surface area contributed by atoms with Crippen LogP contribution in [0.2, 0.25) is 0 Å². The smallest absolute Gasteiger partial charge is 0.0615 e. The number of hydrogen-bond donors (Lipinski definition) is 1. The number of ether oxygens (including phenoxy) is 1. The summed E-state index contributed by atoms with van der Waals surface area (Å²) in [4.78, 5) is 2.59. The lowest BCUT2D eigenvalue weighted by molar-refractivity contribution is 0.0951. The Morgan fingerprint density at radius 1 is 1.41 bits per heavy atom. The second-order valence-electron chi connectivity index (χ2n) is 5.91. The van der Waals surface area contributed by atoms with E-state index in [2.05, 4.69) is 24.1 Å². The summed E-state index contributed by atoms with van der Waals surface area (Å²) >= 11 is 0. The Hall–Kier alpha value is -0.120. The molecule has 1 saturated heterocycles. The molecule has 1 aliphatic heterocycles. The molecule has 0 amide bonds. The summed E-state index contributed by atoms with van der Waals surface area (Å²) in [6.45, 7) is 10.3. The number of nitrogens with one attached hydrogen (secondary N) is 1. The van der Waals surface area contributed by atoms with Gasteiger partial charge in [0.15, 0.2) is 0 Å². The maximum Gasteiger partial charge on any atom is 0.0615 e. The molecule has 0 bridgehead atoms. The van der Waals surface area contributed by atoms with E-state index in [0.29, 0.717) is 11.5 Å². The minimum Gasteiger partial charge on any atom is -0.383 e. The fraction of sp³-hybridized carbons (Fsp3) is 1.00. The highest BCUT2D eigenvalue weighted by molar-refractivity contribution is 5.05. The summed E-state index contributed by atoms with van der Waals surface area (Å²) in [7, 11) is 1.80. The van der Waals surface area contributed by atoms with Crippen molar-refractivity contribution in [3.05, 3.63) is 0 Å². The van der Waals surface area contributed by atoms with Gasteiger partial charge in [0.1, 0.15) is 0 Å². The van der Waals surface area contributed by atoms with Gasteiger partial charge >= 0.3 is 0 Å².